The Morgan fingerprint density at radius 1 is 1.41 bits per heavy atom. The molecule has 2 heterocycles. The van der Waals surface area contributed by atoms with E-state index in [1.807, 2.05) is 18.2 Å². The number of rotatable bonds is 2. The van der Waals surface area contributed by atoms with E-state index in [0.29, 0.717) is 6.42 Å². The minimum Gasteiger partial charge on any atom is -0.387 e. The van der Waals surface area contributed by atoms with Gasteiger partial charge in [0.25, 0.3) is 0 Å². The number of aliphatic hydroxyl groups is 1. The van der Waals surface area contributed by atoms with Gasteiger partial charge in [-0.1, -0.05) is 12.1 Å². The monoisotopic (exact) mass is 232 g/mol. The third-order valence-electron chi connectivity index (χ3n) is 3.58. The molecule has 1 aromatic rings. The molecule has 2 unspecified atom stereocenters. The summed E-state index contributed by atoms with van der Waals surface area (Å²) >= 11 is 0. The number of carbonyl (C=O) groups excluding carboxylic acids is 1. The first kappa shape index (κ1) is 10.7. The first-order chi connectivity index (χ1) is 8.24. The third-order valence-corrected chi connectivity index (χ3v) is 3.58. The average Bonchev–Trinajstić information content (AvgIpc) is 2.94. The summed E-state index contributed by atoms with van der Waals surface area (Å²) in [6.07, 6.45) is 2.08. The van der Waals surface area contributed by atoms with Crippen LogP contribution in [0.5, 0.6) is 0 Å². The highest BCUT2D eigenvalue weighted by Gasteiger charge is 2.25. The first-order valence-electron chi connectivity index (χ1n) is 6.08. The van der Waals surface area contributed by atoms with Gasteiger partial charge in [0.1, 0.15) is 0 Å². The van der Waals surface area contributed by atoms with Crippen molar-refractivity contribution < 1.29 is 9.90 Å². The molecule has 0 aliphatic carbocycles. The van der Waals surface area contributed by atoms with E-state index in [2.05, 4.69) is 10.6 Å². The van der Waals surface area contributed by atoms with Crippen molar-refractivity contribution in [3.8, 4) is 0 Å². The van der Waals surface area contributed by atoms with Crippen LogP contribution in [-0.4, -0.2) is 23.6 Å². The number of aliphatic hydroxyl groups excluding tert-OH is 1. The Bertz CT molecular complexity index is 453. The molecule has 3 N–H and O–H groups in total. The maximum atomic E-state index is 11.3. The van der Waals surface area contributed by atoms with Gasteiger partial charge >= 0.3 is 0 Å². The average molecular weight is 232 g/mol. The Kier molecular flexibility index (Phi) is 2.61. The largest absolute Gasteiger partial charge is 0.387 e. The summed E-state index contributed by atoms with van der Waals surface area (Å²) in [5, 5.41) is 16.3. The molecule has 1 fully saturated rings. The number of benzene rings is 1. The molecule has 0 radical (unpaired) electrons. The van der Waals surface area contributed by atoms with Crippen LogP contribution in [-0.2, 0) is 11.2 Å². The fourth-order valence-electron chi connectivity index (χ4n) is 2.65. The van der Waals surface area contributed by atoms with Crippen LogP contribution in [0.4, 0.5) is 5.69 Å². The van der Waals surface area contributed by atoms with Crippen molar-refractivity contribution in [2.75, 3.05) is 11.9 Å². The lowest BCUT2D eigenvalue weighted by atomic mass is 9.98. The number of carbonyl (C=O) groups is 1. The molecule has 4 nitrogen and oxygen atoms in total. The lowest BCUT2D eigenvalue weighted by molar-refractivity contribution is -0.115. The molecule has 2 atom stereocenters. The number of anilines is 1. The van der Waals surface area contributed by atoms with Crippen LogP contribution in [0.2, 0.25) is 0 Å². The minimum atomic E-state index is -0.474. The van der Waals surface area contributed by atoms with E-state index in [1.165, 1.54) is 0 Å². The highest BCUT2D eigenvalue weighted by Crippen LogP contribution is 2.29. The second-order valence-corrected chi connectivity index (χ2v) is 4.79. The molecule has 0 spiro atoms. The Labute approximate surface area is 100 Å². The van der Waals surface area contributed by atoms with Gasteiger partial charge in [0.05, 0.1) is 12.5 Å². The fraction of sp³-hybridized carbons (Fsp3) is 0.462. The summed E-state index contributed by atoms with van der Waals surface area (Å²) in [4.78, 5) is 11.3. The molecule has 0 bridgehead atoms. The number of amides is 1. The van der Waals surface area contributed by atoms with Crippen LogP contribution in [0.15, 0.2) is 18.2 Å². The smallest absolute Gasteiger partial charge is 0.228 e. The molecule has 1 saturated heterocycles. The predicted molar refractivity (Wildman–Crippen MR) is 64.8 cm³/mol. The second kappa shape index (κ2) is 4.13. The Morgan fingerprint density at radius 3 is 3.06 bits per heavy atom. The van der Waals surface area contributed by atoms with Gasteiger partial charge in [-0.15, -0.1) is 0 Å². The summed E-state index contributed by atoms with van der Waals surface area (Å²) in [6.45, 7) is 0.979. The maximum absolute atomic E-state index is 11.3. The van der Waals surface area contributed by atoms with E-state index in [0.717, 1.165) is 36.2 Å². The van der Waals surface area contributed by atoms with Gasteiger partial charge in [0, 0.05) is 11.7 Å². The number of fused-ring (bicyclic) bond motifs is 1. The predicted octanol–water partition coefficient (Wildman–Crippen LogP) is 0.967. The summed E-state index contributed by atoms with van der Waals surface area (Å²) in [7, 11) is 0. The normalized spacial score (nSPS) is 24.5. The molecular formula is C13H16N2O2. The molecule has 0 saturated carbocycles. The lowest BCUT2D eigenvalue weighted by Crippen LogP contribution is -2.28. The summed E-state index contributed by atoms with van der Waals surface area (Å²) in [5.74, 6) is 0.0330. The Morgan fingerprint density at radius 2 is 2.29 bits per heavy atom. The summed E-state index contributed by atoms with van der Waals surface area (Å²) < 4.78 is 0. The highest BCUT2D eigenvalue weighted by atomic mass is 16.3. The SMILES string of the molecule is O=C1Cc2cc(C(O)C3CCCN3)ccc2N1. The van der Waals surface area contributed by atoms with Gasteiger partial charge in [0.15, 0.2) is 0 Å². The van der Waals surface area contributed by atoms with Gasteiger partial charge in [0.2, 0.25) is 5.91 Å². The van der Waals surface area contributed by atoms with Crippen molar-refractivity contribution in [2.24, 2.45) is 0 Å². The Balaban J connectivity index is 1.84. The number of nitrogens with one attached hydrogen (secondary N) is 2. The van der Waals surface area contributed by atoms with Crippen molar-refractivity contribution in [1.29, 1.82) is 0 Å². The zero-order chi connectivity index (χ0) is 11.8. The Hall–Kier alpha value is -1.39. The third kappa shape index (κ3) is 1.94. The first-order valence-corrected chi connectivity index (χ1v) is 6.08. The number of hydrogen-bond donors (Lipinski definition) is 3. The van der Waals surface area contributed by atoms with Crippen LogP contribution in [0, 0.1) is 0 Å². The van der Waals surface area contributed by atoms with E-state index in [9.17, 15) is 9.90 Å². The van der Waals surface area contributed by atoms with E-state index in [4.69, 9.17) is 0 Å². The molecule has 90 valence electrons. The van der Waals surface area contributed by atoms with Crippen molar-refractivity contribution in [2.45, 2.75) is 31.4 Å². The zero-order valence-electron chi connectivity index (χ0n) is 9.57. The summed E-state index contributed by atoms with van der Waals surface area (Å²) in [6, 6.07) is 5.87. The van der Waals surface area contributed by atoms with Gasteiger partial charge < -0.3 is 15.7 Å². The molecule has 17 heavy (non-hydrogen) atoms. The van der Waals surface area contributed by atoms with Gasteiger partial charge in [-0.25, -0.2) is 0 Å². The van der Waals surface area contributed by atoms with Gasteiger partial charge in [-0.3, -0.25) is 4.79 Å². The van der Waals surface area contributed by atoms with E-state index >= 15 is 0 Å². The van der Waals surface area contributed by atoms with Crippen molar-refractivity contribution in [3.63, 3.8) is 0 Å². The van der Waals surface area contributed by atoms with Crippen LogP contribution in [0.25, 0.3) is 0 Å². The standard InChI is InChI=1S/C13H16N2O2/c16-12-7-9-6-8(3-4-10(9)15-12)13(17)11-2-1-5-14-11/h3-4,6,11,13-14,17H,1-2,5,7H2,(H,15,16). The van der Waals surface area contributed by atoms with Gasteiger partial charge in [-0.2, -0.15) is 0 Å². The maximum Gasteiger partial charge on any atom is 0.228 e. The summed E-state index contributed by atoms with van der Waals surface area (Å²) in [5.41, 5.74) is 2.77. The second-order valence-electron chi connectivity index (χ2n) is 4.79. The molecule has 2 aliphatic heterocycles. The van der Waals surface area contributed by atoms with Crippen molar-refractivity contribution >= 4 is 11.6 Å². The highest BCUT2D eigenvalue weighted by molar-refractivity contribution is 5.99. The van der Waals surface area contributed by atoms with E-state index in [-0.39, 0.29) is 11.9 Å². The molecule has 2 aliphatic rings. The van der Waals surface area contributed by atoms with Crippen LogP contribution in [0.1, 0.15) is 30.1 Å². The minimum absolute atomic E-state index is 0.0330. The molecule has 1 aromatic carbocycles. The molecular weight excluding hydrogens is 216 g/mol. The lowest BCUT2D eigenvalue weighted by Gasteiger charge is -2.19. The van der Waals surface area contributed by atoms with Crippen molar-refractivity contribution in [3.05, 3.63) is 29.3 Å². The zero-order valence-corrected chi connectivity index (χ0v) is 9.57. The molecule has 0 aromatic heterocycles. The van der Waals surface area contributed by atoms with Crippen molar-refractivity contribution in [1.82, 2.24) is 5.32 Å². The van der Waals surface area contributed by atoms with Gasteiger partial charge in [-0.05, 0) is 36.6 Å². The quantitative estimate of drug-likeness (QED) is 0.712. The van der Waals surface area contributed by atoms with Crippen LogP contribution in [0.3, 0.4) is 0 Å². The molecule has 4 heteroatoms. The fourth-order valence-corrected chi connectivity index (χ4v) is 2.65. The molecule has 3 rings (SSSR count). The molecule has 1 amide bonds. The van der Waals surface area contributed by atoms with E-state index < -0.39 is 6.10 Å². The van der Waals surface area contributed by atoms with Crippen LogP contribution >= 0.6 is 0 Å². The number of hydrogen-bond acceptors (Lipinski definition) is 3. The van der Waals surface area contributed by atoms with Crippen LogP contribution < -0.4 is 10.6 Å². The van der Waals surface area contributed by atoms with E-state index in [1.54, 1.807) is 0 Å². The topological polar surface area (TPSA) is 61.4 Å².